The summed E-state index contributed by atoms with van der Waals surface area (Å²) >= 11 is 0. The van der Waals surface area contributed by atoms with Crippen LogP contribution in [0, 0.1) is 5.92 Å². The lowest BCUT2D eigenvalue weighted by Gasteiger charge is -2.38. The van der Waals surface area contributed by atoms with Crippen molar-refractivity contribution in [2.24, 2.45) is 5.92 Å². The third kappa shape index (κ3) is 3.30. The van der Waals surface area contributed by atoms with Crippen molar-refractivity contribution in [1.82, 2.24) is 9.55 Å². The smallest absolute Gasteiger partial charge is 0.321 e. The molecule has 4 rings (SSSR count). The maximum Gasteiger partial charge on any atom is 0.321 e. The van der Waals surface area contributed by atoms with E-state index in [1.54, 1.807) is 30.0 Å². The minimum Gasteiger partial charge on any atom is -0.508 e. The molecule has 3 aromatic rings. The third-order valence-electron chi connectivity index (χ3n) is 5.43. The molecular formula is C23H25N3O4. The molecule has 0 aliphatic carbocycles. The Balaban J connectivity index is 1.98. The fourth-order valence-corrected chi connectivity index (χ4v) is 4.09. The first-order valence-electron chi connectivity index (χ1n) is 10.3. The molecule has 1 aliphatic heterocycles. The molecule has 2 unspecified atom stereocenters. The fourth-order valence-electron chi connectivity index (χ4n) is 4.09. The lowest BCUT2D eigenvalue weighted by molar-refractivity contribution is -0.153. The van der Waals surface area contributed by atoms with Crippen molar-refractivity contribution in [3.8, 4) is 5.75 Å². The van der Waals surface area contributed by atoms with E-state index in [-0.39, 0.29) is 18.3 Å². The van der Waals surface area contributed by atoms with E-state index in [9.17, 15) is 14.7 Å². The number of imidazole rings is 1. The second-order valence-electron chi connectivity index (χ2n) is 7.38. The maximum atomic E-state index is 13.6. The van der Waals surface area contributed by atoms with Gasteiger partial charge in [-0.05, 0) is 43.2 Å². The van der Waals surface area contributed by atoms with Gasteiger partial charge in [-0.1, -0.05) is 37.6 Å². The Kier molecular flexibility index (Phi) is 5.44. The largest absolute Gasteiger partial charge is 0.508 e. The summed E-state index contributed by atoms with van der Waals surface area (Å²) in [4.78, 5) is 32.9. The Hall–Kier alpha value is -3.35. The Bertz CT molecular complexity index is 1090. The monoisotopic (exact) mass is 407 g/mol. The molecule has 0 saturated heterocycles. The van der Waals surface area contributed by atoms with Crippen molar-refractivity contribution in [1.29, 1.82) is 0 Å². The van der Waals surface area contributed by atoms with Crippen molar-refractivity contribution in [2.75, 3.05) is 18.1 Å². The molecule has 2 heterocycles. The van der Waals surface area contributed by atoms with E-state index in [2.05, 4.69) is 6.92 Å². The number of anilines is 1. The predicted molar refractivity (Wildman–Crippen MR) is 113 cm³/mol. The van der Waals surface area contributed by atoms with Gasteiger partial charge in [-0.15, -0.1) is 0 Å². The summed E-state index contributed by atoms with van der Waals surface area (Å²) in [5.74, 6) is -1.36. The zero-order valence-electron chi connectivity index (χ0n) is 17.1. The second-order valence-corrected chi connectivity index (χ2v) is 7.38. The Labute approximate surface area is 174 Å². The van der Waals surface area contributed by atoms with E-state index in [4.69, 9.17) is 9.72 Å². The van der Waals surface area contributed by atoms with E-state index < -0.39 is 17.9 Å². The van der Waals surface area contributed by atoms with Gasteiger partial charge in [0, 0.05) is 6.54 Å². The van der Waals surface area contributed by atoms with Crippen molar-refractivity contribution in [3.63, 3.8) is 0 Å². The molecular weight excluding hydrogens is 382 g/mol. The van der Waals surface area contributed by atoms with Gasteiger partial charge in [0.25, 0.3) is 0 Å². The number of phenols is 1. The van der Waals surface area contributed by atoms with Gasteiger partial charge in [-0.2, -0.15) is 0 Å². The molecule has 1 N–H and O–H groups in total. The number of benzene rings is 2. The van der Waals surface area contributed by atoms with Crippen LogP contribution < -0.4 is 4.90 Å². The molecule has 0 fully saturated rings. The number of fused-ring (bicyclic) bond motifs is 3. The summed E-state index contributed by atoms with van der Waals surface area (Å²) in [5.41, 5.74) is 2.22. The van der Waals surface area contributed by atoms with Crippen LogP contribution >= 0.6 is 0 Å². The third-order valence-corrected chi connectivity index (χ3v) is 5.43. The number of para-hydroxylation sites is 2. The molecule has 1 aromatic heterocycles. The zero-order chi connectivity index (χ0) is 21.3. The molecule has 2 atom stereocenters. The van der Waals surface area contributed by atoms with E-state index >= 15 is 0 Å². The number of ether oxygens (including phenoxy) is 1. The van der Waals surface area contributed by atoms with Crippen molar-refractivity contribution in [3.05, 3.63) is 54.1 Å². The van der Waals surface area contributed by atoms with Crippen LogP contribution in [0.1, 0.15) is 38.3 Å². The highest BCUT2D eigenvalue weighted by Gasteiger charge is 2.47. The predicted octanol–water partition coefficient (Wildman–Crippen LogP) is 3.66. The topological polar surface area (TPSA) is 84.7 Å². The van der Waals surface area contributed by atoms with Crippen LogP contribution in [-0.2, 0) is 14.3 Å². The number of nitrogens with zero attached hydrogens (tertiary/aromatic N) is 3. The SMILES string of the molecule is CCCCN1C(=O)C(C(=O)OCC)C(c2cccc(O)c2)n2c1nc1ccccc12. The van der Waals surface area contributed by atoms with Crippen molar-refractivity contribution in [2.45, 2.75) is 32.7 Å². The van der Waals surface area contributed by atoms with Gasteiger partial charge in [0.05, 0.1) is 23.7 Å². The van der Waals surface area contributed by atoms with Gasteiger partial charge in [-0.3, -0.25) is 14.5 Å². The Morgan fingerprint density at radius 1 is 1.17 bits per heavy atom. The number of carbonyl (C=O) groups is 2. The zero-order valence-corrected chi connectivity index (χ0v) is 17.1. The molecule has 0 saturated carbocycles. The van der Waals surface area contributed by atoms with E-state index in [0.717, 1.165) is 23.9 Å². The van der Waals surface area contributed by atoms with E-state index in [1.807, 2.05) is 34.9 Å². The summed E-state index contributed by atoms with van der Waals surface area (Å²) in [6.45, 7) is 4.43. The Morgan fingerprint density at radius 2 is 1.97 bits per heavy atom. The number of phenolic OH excluding ortho intramolecular Hbond substituents is 1. The summed E-state index contributed by atoms with van der Waals surface area (Å²) < 4.78 is 7.24. The van der Waals surface area contributed by atoms with Gasteiger partial charge >= 0.3 is 5.97 Å². The standard InChI is InChI=1S/C23H25N3O4/c1-3-5-13-25-21(28)19(22(29)30-4-2)20(15-9-8-10-16(27)14-15)26-18-12-7-6-11-17(18)24-23(25)26/h6-12,14,19-20,27H,3-5,13H2,1-2H3. The number of esters is 1. The molecule has 1 amide bonds. The number of aromatic nitrogens is 2. The highest BCUT2D eigenvalue weighted by Crippen LogP contribution is 2.41. The summed E-state index contributed by atoms with van der Waals surface area (Å²) in [7, 11) is 0. The average Bonchev–Trinajstić information content (AvgIpc) is 3.11. The molecule has 0 bridgehead atoms. The summed E-state index contributed by atoms with van der Waals surface area (Å²) in [6.07, 6.45) is 1.70. The van der Waals surface area contributed by atoms with Crippen molar-refractivity contribution >= 4 is 28.9 Å². The van der Waals surface area contributed by atoms with Crippen LogP contribution in [0.4, 0.5) is 5.95 Å². The van der Waals surface area contributed by atoms with Gasteiger partial charge in [0.15, 0.2) is 5.92 Å². The average molecular weight is 407 g/mol. The molecule has 2 aromatic carbocycles. The van der Waals surface area contributed by atoms with Crippen LogP contribution in [0.5, 0.6) is 5.75 Å². The van der Waals surface area contributed by atoms with Crippen LogP contribution in [0.15, 0.2) is 48.5 Å². The molecule has 1 aliphatic rings. The van der Waals surface area contributed by atoms with Gasteiger partial charge in [-0.25, -0.2) is 4.98 Å². The highest BCUT2D eigenvalue weighted by atomic mass is 16.5. The lowest BCUT2D eigenvalue weighted by Crippen LogP contribution is -2.50. The van der Waals surface area contributed by atoms with Gasteiger partial charge < -0.3 is 14.4 Å². The normalized spacial score (nSPS) is 18.5. The minimum atomic E-state index is -1.06. The van der Waals surface area contributed by atoms with Gasteiger partial charge in [0.1, 0.15) is 5.75 Å². The summed E-state index contributed by atoms with van der Waals surface area (Å²) in [5, 5.41) is 10.1. The number of carbonyl (C=O) groups excluding carboxylic acids is 2. The second kappa shape index (κ2) is 8.18. The molecule has 156 valence electrons. The van der Waals surface area contributed by atoms with Crippen LogP contribution in [0.25, 0.3) is 11.0 Å². The quantitative estimate of drug-likeness (QED) is 0.498. The number of aromatic hydroxyl groups is 1. The number of hydrogen-bond acceptors (Lipinski definition) is 5. The summed E-state index contributed by atoms with van der Waals surface area (Å²) in [6, 6.07) is 13.6. The molecule has 0 spiro atoms. The molecule has 7 heteroatoms. The van der Waals surface area contributed by atoms with E-state index in [1.165, 1.54) is 0 Å². The first-order valence-corrected chi connectivity index (χ1v) is 10.3. The van der Waals surface area contributed by atoms with Crippen LogP contribution in [-0.4, -0.2) is 39.7 Å². The number of amides is 1. The molecule has 0 radical (unpaired) electrons. The lowest BCUT2D eigenvalue weighted by atomic mass is 9.89. The highest BCUT2D eigenvalue weighted by molar-refractivity contribution is 6.08. The van der Waals surface area contributed by atoms with E-state index in [0.29, 0.717) is 18.1 Å². The number of rotatable bonds is 6. The van der Waals surface area contributed by atoms with Crippen molar-refractivity contribution < 1.29 is 19.4 Å². The molecule has 30 heavy (non-hydrogen) atoms. The number of hydrogen-bond donors (Lipinski definition) is 1. The van der Waals surface area contributed by atoms with Crippen LogP contribution in [0.2, 0.25) is 0 Å². The minimum absolute atomic E-state index is 0.0712. The Morgan fingerprint density at radius 3 is 2.70 bits per heavy atom. The first kappa shape index (κ1) is 19.9. The number of unbranched alkanes of at least 4 members (excludes halogenated alkanes) is 1. The van der Waals surface area contributed by atoms with Gasteiger partial charge in [0.2, 0.25) is 11.9 Å². The van der Waals surface area contributed by atoms with Crippen LogP contribution in [0.3, 0.4) is 0 Å². The first-order chi connectivity index (χ1) is 14.6. The molecule has 7 nitrogen and oxygen atoms in total. The maximum absolute atomic E-state index is 13.6. The fraction of sp³-hybridized carbons (Fsp3) is 0.348.